The van der Waals surface area contributed by atoms with Crippen molar-refractivity contribution in [2.24, 2.45) is 5.92 Å². The van der Waals surface area contributed by atoms with Crippen LogP contribution >= 0.6 is 0 Å². The number of hydrogen-bond acceptors (Lipinski definition) is 3. The van der Waals surface area contributed by atoms with Crippen molar-refractivity contribution in [1.29, 1.82) is 0 Å². The SMILES string of the molecule is CC1(NC(=O)C2CCN(S(C)(=O)=O)CC2)CCCCCC1. The Morgan fingerprint density at radius 2 is 1.62 bits per heavy atom. The lowest BCUT2D eigenvalue weighted by Gasteiger charge is -2.34. The quantitative estimate of drug-likeness (QED) is 0.809. The van der Waals surface area contributed by atoms with Crippen molar-refractivity contribution in [1.82, 2.24) is 9.62 Å². The number of amides is 1. The normalized spacial score (nSPS) is 25.2. The molecular weight excluding hydrogens is 288 g/mol. The lowest BCUT2D eigenvalue weighted by Crippen LogP contribution is -2.50. The first-order valence-electron chi connectivity index (χ1n) is 8.07. The molecule has 0 aromatic heterocycles. The van der Waals surface area contributed by atoms with Crippen LogP contribution in [0, 0.1) is 5.92 Å². The van der Waals surface area contributed by atoms with Gasteiger partial charge in [0.1, 0.15) is 0 Å². The standard InChI is InChI=1S/C15H28N2O3S/c1-15(9-5-3-4-6-10-15)16-14(18)13-7-11-17(12-8-13)21(2,19)20/h13H,3-12H2,1-2H3,(H,16,18). The van der Waals surface area contributed by atoms with Crippen LogP contribution in [0.5, 0.6) is 0 Å². The first-order chi connectivity index (χ1) is 9.80. The number of sulfonamides is 1. The Balaban J connectivity index is 1.87. The third-order valence-electron chi connectivity index (χ3n) is 4.93. The van der Waals surface area contributed by atoms with Crippen LogP contribution in [0.4, 0.5) is 0 Å². The van der Waals surface area contributed by atoms with Gasteiger partial charge in [-0.25, -0.2) is 12.7 Å². The van der Waals surface area contributed by atoms with Gasteiger partial charge in [0.2, 0.25) is 15.9 Å². The van der Waals surface area contributed by atoms with E-state index in [9.17, 15) is 13.2 Å². The van der Waals surface area contributed by atoms with Crippen molar-refractivity contribution in [3.05, 3.63) is 0 Å². The highest BCUT2D eigenvalue weighted by molar-refractivity contribution is 7.88. The van der Waals surface area contributed by atoms with Crippen molar-refractivity contribution < 1.29 is 13.2 Å². The van der Waals surface area contributed by atoms with Gasteiger partial charge in [0, 0.05) is 24.5 Å². The Bertz CT molecular complexity index is 459. The molecule has 0 unspecified atom stereocenters. The van der Waals surface area contributed by atoms with Crippen molar-refractivity contribution >= 4 is 15.9 Å². The fourth-order valence-corrected chi connectivity index (χ4v) is 4.36. The first-order valence-corrected chi connectivity index (χ1v) is 9.92. The molecule has 2 fully saturated rings. The van der Waals surface area contributed by atoms with Gasteiger partial charge < -0.3 is 5.32 Å². The molecule has 1 aliphatic heterocycles. The van der Waals surface area contributed by atoms with E-state index in [0.717, 1.165) is 12.8 Å². The largest absolute Gasteiger partial charge is 0.351 e. The van der Waals surface area contributed by atoms with E-state index in [1.807, 2.05) is 0 Å². The average Bonchev–Trinajstić information content (AvgIpc) is 2.62. The summed E-state index contributed by atoms with van der Waals surface area (Å²) in [6.07, 6.45) is 9.51. The number of piperidine rings is 1. The van der Waals surface area contributed by atoms with Crippen molar-refractivity contribution in [2.45, 2.75) is 63.8 Å². The summed E-state index contributed by atoms with van der Waals surface area (Å²) in [5.41, 5.74) is -0.0679. The van der Waals surface area contributed by atoms with Crippen LogP contribution in [0.3, 0.4) is 0 Å². The Morgan fingerprint density at radius 3 is 2.10 bits per heavy atom. The molecule has 6 heteroatoms. The van der Waals surface area contributed by atoms with Crippen molar-refractivity contribution in [3.63, 3.8) is 0 Å². The molecule has 2 rings (SSSR count). The third kappa shape index (κ3) is 4.68. The average molecular weight is 316 g/mol. The van der Waals surface area contributed by atoms with E-state index in [1.165, 1.54) is 36.2 Å². The van der Waals surface area contributed by atoms with Gasteiger partial charge in [-0.2, -0.15) is 0 Å². The fraction of sp³-hybridized carbons (Fsp3) is 0.933. The number of rotatable bonds is 3. The van der Waals surface area contributed by atoms with Gasteiger partial charge in [-0.1, -0.05) is 25.7 Å². The molecule has 21 heavy (non-hydrogen) atoms. The Morgan fingerprint density at radius 1 is 1.10 bits per heavy atom. The zero-order valence-corrected chi connectivity index (χ0v) is 14.0. The van der Waals surface area contributed by atoms with Crippen LogP contribution in [0.2, 0.25) is 0 Å². The lowest BCUT2D eigenvalue weighted by atomic mass is 9.90. The molecule has 5 nitrogen and oxygen atoms in total. The topological polar surface area (TPSA) is 66.5 Å². The molecule has 1 amide bonds. The molecule has 0 spiro atoms. The first kappa shape index (κ1) is 16.7. The summed E-state index contributed by atoms with van der Waals surface area (Å²) in [7, 11) is -3.12. The van der Waals surface area contributed by atoms with E-state index in [0.29, 0.717) is 25.9 Å². The number of nitrogens with one attached hydrogen (secondary N) is 1. The molecule has 1 saturated carbocycles. The Labute approximate surface area is 128 Å². The van der Waals surface area contributed by atoms with E-state index in [4.69, 9.17) is 0 Å². The molecule has 122 valence electrons. The van der Waals surface area contributed by atoms with Crippen molar-refractivity contribution in [3.8, 4) is 0 Å². The Hall–Kier alpha value is -0.620. The second kappa shape index (κ2) is 6.65. The summed E-state index contributed by atoms with van der Waals surface area (Å²) in [5, 5.41) is 3.25. The molecule has 0 radical (unpaired) electrons. The molecular formula is C15H28N2O3S. The number of nitrogens with zero attached hydrogens (tertiary/aromatic N) is 1. The maximum absolute atomic E-state index is 12.5. The molecule has 0 bridgehead atoms. The zero-order chi connectivity index (χ0) is 15.5. The molecule has 0 aromatic rings. The highest BCUT2D eigenvalue weighted by atomic mass is 32.2. The highest BCUT2D eigenvalue weighted by Gasteiger charge is 2.33. The van der Waals surface area contributed by atoms with Gasteiger partial charge in [0.15, 0.2) is 0 Å². The maximum atomic E-state index is 12.5. The van der Waals surface area contributed by atoms with Crippen LogP contribution in [-0.2, 0) is 14.8 Å². The summed E-state index contributed by atoms with van der Waals surface area (Å²) in [4.78, 5) is 12.5. The highest BCUT2D eigenvalue weighted by Crippen LogP contribution is 2.28. The molecule has 0 atom stereocenters. The van der Waals surface area contributed by atoms with Crippen LogP contribution in [-0.4, -0.2) is 43.5 Å². The smallest absolute Gasteiger partial charge is 0.223 e. The molecule has 1 saturated heterocycles. The summed E-state index contributed by atoms with van der Waals surface area (Å²) in [5.74, 6) is 0.0793. The van der Waals surface area contributed by atoms with Crippen LogP contribution < -0.4 is 5.32 Å². The van der Waals surface area contributed by atoms with E-state index in [2.05, 4.69) is 12.2 Å². The molecule has 1 heterocycles. The van der Waals surface area contributed by atoms with Gasteiger partial charge in [-0.15, -0.1) is 0 Å². The summed E-state index contributed by atoms with van der Waals surface area (Å²) in [6, 6.07) is 0. The zero-order valence-electron chi connectivity index (χ0n) is 13.2. The minimum absolute atomic E-state index is 0.0388. The maximum Gasteiger partial charge on any atom is 0.223 e. The number of hydrogen-bond donors (Lipinski definition) is 1. The van der Waals surface area contributed by atoms with Crippen molar-refractivity contribution in [2.75, 3.05) is 19.3 Å². The van der Waals surface area contributed by atoms with Gasteiger partial charge in [0.25, 0.3) is 0 Å². The third-order valence-corrected chi connectivity index (χ3v) is 6.23. The summed E-state index contributed by atoms with van der Waals surface area (Å²) >= 11 is 0. The van der Waals surface area contributed by atoms with E-state index in [-0.39, 0.29) is 17.4 Å². The lowest BCUT2D eigenvalue weighted by molar-refractivity contribution is -0.128. The second-order valence-corrected chi connectivity index (χ2v) is 8.88. The van der Waals surface area contributed by atoms with Gasteiger partial charge in [-0.05, 0) is 32.6 Å². The summed E-state index contributed by atoms with van der Waals surface area (Å²) < 4.78 is 24.5. The van der Waals surface area contributed by atoms with Gasteiger partial charge >= 0.3 is 0 Å². The minimum Gasteiger partial charge on any atom is -0.351 e. The predicted octanol–water partition coefficient (Wildman–Crippen LogP) is 1.89. The second-order valence-electron chi connectivity index (χ2n) is 6.90. The van der Waals surface area contributed by atoms with E-state index < -0.39 is 10.0 Å². The van der Waals surface area contributed by atoms with Gasteiger partial charge in [0.05, 0.1) is 6.26 Å². The predicted molar refractivity (Wildman–Crippen MR) is 83.4 cm³/mol. The van der Waals surface area contributed by atoms with E-state index >= 15 is 0 Å². The summed E-state index contributed by atoms with van der Waals surface area (Å²) in [6.45, 7) is 3.09. The van der Waals surface area contributed by atoms with Crippen LogP contribution in [0.1, 0.15) is 58.3 Å². The van der Waals surface area contributed by atoms with Crippen LogP contribution in [0.15, 0.2) is 0 Å². The van der Waals surface area contributed by atoms with Crippen LogP contribution in [0.25, 0.3) is 0 Å². The number of carbonyl (C=O) groups excluding carboxylic acids is 1. The molecule has 2 aliphatic rings. The minimum atomic E-state index is -3.12. The Kier molecular flexibility index (Phi) is 5.30. The molecule has 1 aliphatic carbocycles. The monoisotopic (exact) mass is 316 g/mol. The van der Waals surface area contributed by atoms with E-state index in [1.54, 1.807) is 0 Å². The van der Waals surface area contributed by atoms with Gasteiger partial charge in [-0.3, -0.25) is 4.79 Å². The fourth-order valence-electron chi connectivity index (χ4n) is 3.48. The molecule has 1 N–H and O–H groups in total. The number of carbonyl (C=O) groups is 1. The molecule has 0 aromatic carbocycles.